The van der Waals surface area contributed by atoms with Crippen molar-refractivity contribution < 1.29 is 19.0 Å². The molecule has 0 aliphatic carbocycles. The predicted octanol–water partition coefficient (Wildman–Crippen LogP) is 1.93. The maximum atomic E-state index is 12.4. The van der Waals surface area contributed by atoms with E-state index in [1.54, 1.807) is 42.7 Å². The number of carbonyl (C=O) groups is 1. The molecule has 1 aliphatic rings. The molecule has 3 rings (SSSR count). The number of ether oxygens (including phenoxy) is 3. The lowest BCUT2D eigenvalue weighted by atomic mass is 10.1. The first kappa shape index (κ1) is 17.0. The second kappa shape index (κ2) is 8.32. The number of carbonyl (C=O) groups excluding carboxylic acids is 1. The van der Waals surface area contributed by atoms with Crippen LogP contribution in [-0.2, 0) is 4.79 Å². The Labute approximate surface area is 146 Å². The van der Waals surface area contributed by atoms with Gasteiger partial charge in [-0.05, 0) is 25.0 Å². The molecule has 0 bridgehead atoms. The molecule has 2 aromatic rings. The Hall–Kier alpha value is -2.83. The molecule has 1 saturated heterocycles. The summed E-state index contributed by atoms with van der Waals surface area (Å²) in [6.45, 7) is 1.22. The third-order valence-corrected chi connectivity index (χ3v) is 3.96. The molecule has 25 heavy (non-hydrogen) atoms. The second-order valence-electron chi connectivity index (χ2n) is 5.73. The van der Waals surface area contributed by atoms with Crippen LogP contribution in [0.1, 0.15) is 12.8 Å². The highest BCUT2D eigenvalue weighted by atomic mass is 16.5. The molecule has 2 heterocycles. The summed E-state index contributed by atoms with van der Waals surface area (Å²) in [6, 6.07) is 7.20. The molecule has 1 aromatic carbocycles. The Morgan fingerprint density at radius 1 is 1.32 bits per heavy atom. The Morgan fingerprint density at radius 3 is 3.00 bits per heavy atom. The number of aromatic nitrogens is 2. The van der Waals surface area contributed by atoms with Crippen LogP contribution in [0.4, 0.5) is 0 Å². The molecule has 132 valence electrons. The fourth-order valence-electron chi connectivity index (χ4n) is 2.71. The van der Waals surface area contributed by atoms with Gasteiger partial charge in [0, 0.05) is 25.0 Å². The van der Waals surface area contributed by atoms with Gasteiger partial charge in [0.15, 0.2) is 6.61 Å². The number of piperidine rings is 1. The van der Waals surface area contributed by atoms with Gasteiger partial charge in [0.1, 0.15) is 17.6 Å². The van der Waals surface area contributed by atoms with Crippen molar-refractivity contribution in [1.82, 2.24) is 14.9 Å². The molecular weight excluding hydrogens is 322 g/mol. The topological polar surface area (TPSA) is 73.8 Å². The molecule has 0 unspecified atom stereocenters. The SMILES string of the molecule is COc1cccc(OCC(=O)N2CCC[C@H](Oc3cnccn3)C2)c1. The van der Waals surface area contributed by atoms with Gasteiger partial charge >= 0.3 is 0 Å². The number of likely N-dealkylation sites (tertiary alicyclic amines) is 1. The van der Waals surface area contributed by atoms with E-state index in [2.05, 4.69) is 9.97 Å². The van der Waals surface area contributed by atoms with Crippen LogP contribution in [0.15, 0.2) is 42.9 Å². The van der Waals surface area contributed by atoms with E-state index in [4.69, 9.17) is 14.2 Å². The van der Waals surface area contributed by atoms with Gasteiger partial charge in [0.2, 0.25) is 5.88 Å². The van der Waals surface area contributed by atoms with Gasteiger partial charge in [0.05, 0.1) is 19.9 Å². The first-order chi connectivity index (χ1) is 12.2. The number of benzene rings is 1. The number of amides is 1. The van der Waals surface area contributed by atoms with Gasteiger partial charge in [-0.25, -0.2) is 4.98 Å². The first-order valence-electron chi connectivity index (χ1n) is 8.22. The third-order valence-electron chi connectivity index (χ3n) is 3.96. The van der Waals surface area contributed by atoms with E-state index in [0.29, 0.717) is 30.5 Å². The van der Waals surface area contributed by atoms with E-state index in [0.717, 1.165) is 12.8 Å². The zero-order chi connectivity index (χ0) is 17.5. The molecular formula is C18H21N3O4. The van der Waals surface area contributed by atoms with E-state index in [9.17, 15) is 4.79 Å². The van der Waals surface area contributed by atoms with Crippen LogP contribution in [0.3, 0.4) is 0 Å². The summed E-state index contributed by atoms with van der Waals surface area (Å²) in [7, 11) is 1.59. The highest BCUT2D eigenvalue weighted by molar-refractivity contribution is 5.78. The first-order valence-corrected chi connectivity index (χ1v) is 8.22. The number of nitrogens with zero attached hydrogens (tertiary/aromatic N) is 3. The number of hydrogen-bond donors (Lipinski definition) is 0. The molecule has 7 nitrogen and oxygen atoms in total. The smallest absolute Gasteiger partial charge is 0.260 e. The van der Waals surface area contributed by atoms with E-state index < -0.39 is 0 Å². The van der Waals surface area contributed by atoms with Crippen LogP contribution in [0.25, 0.3) is 0 Å². The summed E-state index contributed by atoms with van der Waals surface area (Å²) >= 11 is 0. The van der Waals surface area contributed by atoms with Gasteiger partial charge in [0.25, 0.3) is 5.91 Å². The molecule has 1 atom stereocenters. The average Bonchev–Trinajstić information content (AvgIpc) is 2.67. The summed E-state index contributed by atoms with van der Waals surface area (Å²) in [5.74, 6) is 1.72. The predicted molar refractivity (Wildman–Crippen MR) is 90.8 cm³/mol. The van der Waals surface area contributed by atoms with Crippen molar-refractivity contribution >= 4 is 5.91 Å². The maximum Gasteiger partial charge on any atom is 0.260 e. The van der Waals surface area contributed by atoms with Crippen molar-refractivity contribution in [3.05, 3.63) is 42.9 Å². The molecule has 1 aromatic heterocycles. The van der Waals surface area contributed by atoms with Crippen molar-refractivity contribution in [3.8, 4) is 17.4 Å². The van der Waals surface area contributed by atoms with Crippen molar-refractivity contribution in [3.63, 3.8) is 0 Å². The molecule has 1 aliphatic heterocycles. The quantitative estimate of drug-likeness (QED) is 0.798. The Balaban J connectivity index is 1.51. The van der Waals surface area contributed by atoms with Crippen molar-refractivity contribution in [1.29, 1.82) is 0 Å². The highest BCUT2D eigenvalue weighted by Crippen LogP contribution is 2.20. The fraction of sp³-hybridized carbons (Fsp3) is 0.389. The molecule has 0 N–H and O–H groups in total. The van der Waals surface area contributed by atoms with Crippen LogP contribution in [0.5, 0.6) is 17.4 Å². The van der Waals surface area contributed by atoms with Gasteiger partial charge in [-0.1, -0.05) is 6.07 Å². The molecule has 7 heteroatoms. The van der Waals surface area contributed by atoms with Gasteiger partial charge in [-0.3, -0.25) is 9.78 Å². The number of hydrogen-bond acceptors (Lipinski definition) is 6. The maximum absolute atomic E-state index is 12.4. The lowest BCUT2D eigenvalue weighted by Gasteiger charge is -2.32. The van der Waals surface area contributed by atoms with Crippen LogP contribution >= 0.6 is 0 Å². The van der Waals surface area contributed by atoms with Crippen molar-refractivity contribution in [2.45, 2.75) is 18.9 Å². The fourth-order valence-corrected chi connectivity index (χ4v) is 2.71. The van der Waals surface area contributed by atoms with Crippen LogP contribution in [0.2, 0.25) is 0 Å². The molecule has 1 amide bonds. The van der Waals surface area contributed by atoms with E-state index >= 15 is 0 Å². The minimum absolute atomic E-state index is 0.00890. The Kier molecular flexibility index (Phi) is 5.66. The minimum atomic E-state index is -0.0776. The normalized spacial score (nSPS) is 17.0. The average molecular weight is 343 g/mol. The summed E-state index contributed by atoms with van der Waals surface area (Å²) in [4.78, 5) is 22.3. The van der Waals surface area contributed by atoms with Gasteiger partial charge < -0.3 is 19.1 Å². The Bertz CT molecular complexity index is 696. The summed E-state index contributed by atoms with van der Waals surface area (Å²) in [5.41, 5.74) is 0. The molecule has 0 spiro atoms. The van der Waals surface area contributed by atoms with Gasteiger partial charge in [-0.2, -0.15) is 0 Å². The number of methoxy groups -OCH3 is 1. The zero-order valence-corrected chi connectivity index (χ0v) is 14.1. The Morgan fingerprint density at radius 2 is 2.20 bits per heavy atom. The summed E-state index contributed by atoms with van der Waals surface area (Å²) in [5, 5.41) is 0. The summed E-state index contributed by atoms with van der Waals surface area (Å²) in [6.07, 6.45) is 6.45. The van der Waals surface area contributed by atoms with Crippen molar-refractivity contribution in [2.24, 2.45) is 0 Å². The van der Waals surface area contributed by atoms with Crippen LogP contribution in [0, 0.1) is 0 Å². The minimum Gasteiger partial charge on any atom is -0.497 e. The van der Waals surface area contributed by atoms with Crippen LogP contribution < -0.4 is 14.2 Å². The lowest BCUT2D eigenvalue weighted by molar-refractivity contribution is -0.136. The van der Waals surface area contributed by atoms with Crippen molar-refractivity contribution in [2.75, 3.05) is 26.8 Å². The molecule has 0 saturated carbocycles. The van der Waals surface area contributed by atoms with E-state index in [1.165, 1.54) is 0 Å². The standard InChI is InChI=1S/C18H21N3O4/c1-23-14-4-2-5-15(10-14)24-13-18(22)21-9-3-6-16(12-21)25-17-11-19-7-8-20-17/h2,4-5,7-8,10-11,16H,3,6,9,12-13H2,1H3/t16-/m0/s1. The lowest BCUT2D eigenvalue weighted by Crippen LogP contribution is -2.46. The molecule has 1 fully saturated rings. The second-order valence-corrected chi connectivity index (χ2v) is 5.73. The van der Waals surface area contributed by atoms with E-state index in [1.807, 2.05) is 12.1 Å². The van der Waals surface area contributed by atoms with Gasteiger partial charge in [-0.15, -0.1) is 0 Å². The summed E-state index contributed by atoms with van der Waals surface area (Å²) < 4.78 is 16.5. The largest absolute Gasteiger partial charge is 0.497 e. The monoisotopic (exact) mass is 343 g/mol. The van der Waals surface area contributed by atoms with E-state index in [-0.39, 0.29) is 18.6 Å². The number of rotatable bonds is 6. The molecule has 0 radical (unpaired) electrons. The highest BCUT2D eigenvalue weighted by Gasteiger charge is 2.25. The zero-order valence-electron chi connectivity index (χ0n) is 14.1. The van der Waals surface area contributed by atoms with Crippen LogP contribution in [-0.4, -0.2) is 53.7 Å². The third kappa shape index (κ3) is 4.82.